The number of fused-ring (bicyclic) bond motifs is 1. The van der Waals surface area contributed by atoms with Crippen LogP contribution in [0, 0.1) is 5.41 Å². The van der Waals surface area contributed by atoms with Crippen LogP contribution in [-0.4, -0.2) is 59.6 Å². The van der Waals surface area contributed by atoms with Gasteiger partial charge in [0.25, 0.3) is 0 Å². The summed E-state index contributed by atoms with van der Waals surface area (Å²) in [6.45, 7) is 1.16. The molecule has 28 heavy (non-hydrogen) atoms. The van der Waals surface area contributed by atoms with Crippen LogP contribution in [0.25, 0.3) is 0 Å². The number of amides is 4. The Bertz CT molecular complexity index is 788. The van der Waals surface area contributed by atoms with Crippen molar-refractivity contribution in [2.45, 2.75) is 44.2 Å². The monoisotopic (exact) mass is 386 g/mol. The highest BCUT2D eigenvalue weighted by molar-refractivity contribution is 5.98. The minimum absolute atomic E-state index is 0.0289. The Morgan fingerprint density at radius 2 is 1.96 bits per heavy atom. The Morgan fingerprint density at radius 1 is 1.21 bits per heavy atom. The number of hydrogen-bond donors (Lipinski definition) is 4. The van der Waals surface area contributed by atoms with E-state index in [1.54, 1.807) is 4.90 Å². The largest absolute Gasteiger partial charge is 0.391 e. The summed E-state index contributed by atoms with van der Waals surface area (Å²) in [6, 6.07) is 6.79. The number of benzene rings is 1. The number of β-amino-alcohol motifs (C(OH)–C–C–N with tert-alkyl or cyclic N) is 1. The van der Waals surface area contributed by atoms with Crippen LogP contribution in [0.4, 0.5) is 10.5 Å². The van der Waals surface area contributed by atoms with Gasteiger partial charge in [-0.2, -0.15) is 0 Å². The number of aliphatic hydroxyl groups is 1. The Morgan fingerprint density at radius 3 is 2.75 bits per heavy atom. The number of carbonyl (C=O) groups excluding carboxylic acids is 3. The van der Waals surface area contributed by atoms with Gasteiger partial charge in [-0.25, -0.2) is 4.79 Å². The average molecular weight is 386 g/mol. The smallest absolute Gasteiger partial charge is 0.318 e. The van der Waals surface area contributed by atoms with E-state index in [4.69, 9.17) is 0 Å². The average Bonchev–Trinajstić information content (AvgIpc) is 2.84. The molecular formula is C20H26N4O4. The molecule has 4 amide bonds. The summed E-state index contributed by atoms with van der Waals surface area (Å²) < 4.78 is 0. The highest BCUT2D eigenvalue weighted by Crippen LogP contribution is 2.38. The van der Waals surface area contributed by atoms with E-state index >= 15 is 0 Å². The lowest BCUT2D eigenvalue weighted by Gasteiger charge is -2.44. The maximum absolute atomic E-state index is 12.7. The molecule has 1 aromatic carbocycles. The van der Waals surface area contributed by atoms with Crippen LogP contribution in [0.3, 0.4) is 0 Å². The fourth-order valence-corrected chi connectivity index (χ4v) is 4.47. The van der Waals surface area contributed by atoms with E-state index in [-0.39, 0.29) is 17.8 Å². The SMILES string of the molecule is O=C1Nc2ccccc2CCC1NC(=O)N1CCC2(CC1)CC(O)CNC2=O. The first-order chi connectivity index (χ1) is 13.5. The molecule has 0 saturated carbocycles. The van der Waals surface area contributed by atoms with Crippen molar-refractivity contribution in [3.8, 4) is 0 Å². The zero-order valence-corrected chi connectivity index (χ0v) is 15.7. The highest BCUT2D eigenvalue weighted by atomic mass is 16.3. The van der Waals surface area contributed by atoms with E-state index in [2.05, 4.69) is 16.0 Å². The Balaban J connectivity index is 1.35. The number of urea groups is 1. The van der Waals surface area contributed by atoms with E-state index in [1.807, 2.05) is 24.3 Å². The number of rotatable bonds is 1. The molecule has 3 aliphatic heterocycles. The second-order valence-corrected chi connectivity index (χ2v) is 8.02. The molecule has 2 saturated heterocycles. The standard InChI is InChI=1S/C20H26N4O4/c25-14-11-20(18(27)21-12-14)7-9-24(10-8-20)19(28)23-16-6-5-13-3-1-2-4-15(13)22-17(16)26/h1-4,14,16,25H,5-12H2,(H,21,27)(H,22,26)(H,23,28). The van der Waals surface area contributed by atoms with E-state index in [0.29, 0.717) is 51.7 Å². The van der Waals surface area contributed by atoms with Crippen molar-refractivity contribution in [2.24, 2.45) is 5.41 Å². The first-order valence-corrected chi connectivity index (χ1v) is 9.87. The molecular weight excluding hydrogens is 360 g/mol. The summed E-state index contributed by atoms with van der Waals surface area (Å²) in [4.78, 5) is 39.2. The number of nitrogens with one attached hydrogen (secondary N) is 3. The minimum atomic E-state index is -0.588. The first kappa shape index (κ1) is 18.7. The lowest BCUT2D eigenvalue weighted by molar-refractivity contribution is -0.140. The Kier molecular flexibility index (Phi) is 4.97. The molecule has 1 spiro atoms. The molecule has 3 aliphatic rings. The van der Waals surface area contributed by atoms with Crippen LogP contribution in [-0.2, 0) is 16.0 Å². The van der Waals surface area contributed by atoms with Gasteiger partial charge in [-0.1, -0.05) is 18.2 Å². The molecule has 8 heteroatoms. The summed E-state index contributed by atoms with van der Waals surface area (Å²) in [5, 5.41) is 18.4. The first-order valence-electron chi connectivity index (χ1n) is 9.87. The predicted octanol–water partition coefficient (Wildman–Crippen LogP) is 0.612. The van der Waals surface area contributed by atoms with Crippen LogP contribution in [0.5, 0.6) is 0 Å². The number of aliphatic hydroxyl groups excluding tert-OH is 1. The van der Waals surface area contributed by atoms with Gasteiger partial charge in [0.2, 0.25) is 11.8 Å². The molecule has 4 rings (SSSR count). The molecule has 0 aliphatic carbocycles. The van der Waals surface area contributed by atoms with Crippen molar-refractivity contribution in [1.82, 2.24) is 15.5 Å². The van der Waals surface area contributed by atoms with Gasteiger partial charge >= 0.3 is 6.03 Å². The molecule has 4 N–H and O–H groups in total. The van der Waals surface area contributed by atoms with Gasteiger partial charge in [-0.15, -0.1) is 0 Å². The fourth-order valence-electron chi connectivity index (χ4n) is 4.47. The summed E-state index contributed by atoms with van der Waals surface area (Å²) in [5.41, 5.74) is 1.27. The van der Waals surface area contributed by atoms with E-state index in [1.165, 1.54) is 0 Å². The molecule has 2 atom stereocenters. The van der Waals surface area contributed by atoms with Crippen molar-refractivity contribution in [1.29, 1.82) is 0 Å². The molecule has 0 bridgehead atoms. The van der Waals surface area contributed by atoms with Crippen LogP contribution in [0.1, 0.15) is 31.2 Å². The topological polar surface area (TPSA) is 111 Å². The normalized spacial score (nSPS) is 26.7. The highest BCUT2D eigenvalue weighted by Gasteiger charge is 2.46. The van der Waals surface area contributed by atoms with Gasteiger partial charge in [-0.3, -0.25) is 9.59 Å². The Hall–Kier alpha value is -2.61. The third-order valence-corrected chi connectivity index (χ3v) is 6.21. The van der Waals surface area contributed by atoms with Crippen molar-refractivity contribution < 1.29 is 19.5 Å². The van der Waals surface area contributed by atoms with E-state index in [9.17, 15) is 19.5 Å². The van der Waals surface area contributed by atoms with Gasteiger partial charge < -0.3 is 26.0 Å². The van der Waals surface area contributed by atoms with Gasteiger partial charge in [0, 0.05) is 25.3 Å². The number of hydrogen-bond acceptors (Lipinski definition) is 4. The summed E-state index contributed by atoms with van der Waals surface area (Å²) >= 11 is 0. The fraction of sp³-hybridized carbons (Fsp3) is 0.550. The van der Waals surface area contributed by atoms with Crippen molar-refractivity contribution in [3.63, 3.8) is 0 Å². The number of carbonyl (C=O) groups is 3. The van der Waals surface area contributed by atoms with Gasteiger partial charge in [0.05, 0.1) is 11.5 Å². The molecule has 0 radical (unpaired) electrons. The number of aryl methyl sites for hydroxylation is 1. The van der Waals surface area contributed by atoms with Gasteiger partial charge in [-0.05, 0) is 43.7 Å². The van der Waals surface area contributed by atoms with E-state index in [0.717, 1.165) is 11.3 Å². The maximum atomic E-state index is 12.7. The zero-order valence-electron chi connectivity index (χ0n) is 15.7. The maximum Gasteiger partial charge on any atom is 0.318 e. The van der Waals surface area contributed by atoms with Crippen molar-refractivity contribution in [3.05, 3.63) is 29.8 Å². The van der Waals surface area contributed by atoms with E-state index < -0.39 is 17.6 Å². The third-order valence-electron chi connectivity index (χ3n) is 6.21. The molecule has 2 unspecified atom stereocenters. The number of piperidine rings is 2. The number of para-hydroxylation sites is 1. The number of anilines is 1. The van der Waals surface area contributed by atoms with Crippen molar-refractivity contribution in [2.75, 3.05) is 25.0 Å². The molecule has 8 nitrogen and oxygen atoms in total. The second-order valence-electron chi connectivity index (χ2n) is 8.02. The third kappa shape index (κ3) is 3.56. The van der Waals surface area contributed by atoms with Gasteiger partial charge in [0.15, 0.2) is 0 Å². The number of likely N-dealkylation sites (tertiary alicyclic amines) is 1. The molecule has 3 heterocycles. The lowest BCUT2D eigenvalue weighted by Crippen LogP contribution is -2.58. The molecule has 0 aromatic heterocycles. The van der Waals surface area contributed by atoms with Crippen LogP contribution >= 0.6 is 0 Å². The minimum Gasteiger partial charge on any atom is -0.391 e. The number of nitrogens with zero attached hydrogens (tertiary/aromatic N) is 1. The zero-order chi connectivity index (χ0) is 19.7. The van der Waals surface area contributed by atoms with Crippen molar-refractivity contribution >= 4 is 23.5 Å². The summed E-state index contributed by atoms with van der Waals surface area (Å²) in [7, 11) is 0. The Labute approximate surface area is 163 Å². The quantitative estimate of drug-likeness (QED) is 0.567. The van der Waals surface area contributed by atoms with Gasteiger partial charge in [0.1, 0.15) is 6.04 Å². The molecule has 2 fully saturated rings. The predicted molar refractivity (Wildman–Crippen MR) is 103 cm³/mol. The summed E-state index contributed by atoms with van der Waals surface area (Å²) in [5.74, 6) is -0.236. The van der Waals surface area contributed by atoms with Crippen LogP contribution in [0.15, 0.2) is 24.3 Å². The lowest BCUT2D eigenvalue weighted by atomic mass is 9.71. The van der Waals surface area contributed by atoms with Crippen LogP contribution in [0.2, 0.25) is 0 Å². The second kappa shape index (κ2) is 7.43. The molecule has 1 aromatic rings. The summed E-state index contributed by atoms with van der Waals surface area (Å²) in [6.07, 6.45) is 2.20. The van der Waals surface area contributed by atoms with Crippen LogP contribution < -0.4 is 16.0 Å². The molecule has 150 valence electrons.